The number of aryl methyl sites for hydroxylation is 2. The molecule has 1 N–H and O–H groups in total. The maximum Gasteiger partial charge on any atom is 0.387 e. The van der Waals surface area contributed by atoms with Crippen LogP contribution in [0.15, 0.2) is 35.3 Å². The molecule has 124 valence electrons. The van der Waals surface area contributed by atoms with Gasteiger partial charge in [-0.15, -0.1) is 0 Å². The first kappa shape index (κ1) is 14.9. The van der Waals surface area contributed by atoms with Crippen LogP contribution in [-0.2, 0) is 12.8 Å². The van der Waals surface area contributed by atoms with E-state index in [9.17, 15) is 13.6 Å². The number of alkyl halides is 2. The molecule has 3 aromatic rings. The average Bonchev–Trinajstić information content (AvgIpc) is 2.92. The number of fused-ring (bicyclic) bond motifs is 3. The Bertz CT molecular complexity index is 945. The average molecular weight is 331 g/mol. The third-order valence-electron chi connectivity index (χ3n) is 4.34. The number of ether oxygens (including phenoxy) is 1. The molecule has 1 aromatic carbocycles. The lowest BCUT2D eigenvalue weighted by atomic mass is 9.95. The van der Waals surface area contributed by atoms with Gasteiger partial charge in [-0.3, -0.25) is 14.9 Å². The van der Waals surface area contributed by atoms with Gasteiger partial charge in [0.05, 0.1) is 16.6 Å². The van der Waals surface area contributed by atoms with E-state index in [0.29, 0.717) is 11.1 Å². The summed E-state index contributed by atoms with van der Waals surface area (Å²) < 4.78 is 30.2. The number of nitrogens with one attached hydrogen (secondary N) is 1. The molecular weight excluding hydrogens is 316 g/mol. The summed E-state index contributed by atoms with van der Waals surface area (Å²) in [6.45, 7) is -2.87. The molecule has 0 saturated heterocycles. The Balaban J connectivity index is 1.79. The monoisotopic (exact) mass is 331 g/mol. The zero-order valence-corrected chi connectivity index (χ0v) is 12.8. The molecule has 0 bridgehead atoms. The second kappa shape index (κ2) is 5.74. The normalized spacial score (nSPS) is 14.1. The van der Waals surface area contributed by atoms with Crippen LogP contribution in [-0.4, -0.2) is 21.4 Å². The molecule has 0 aliphatic heterocycles. The van der Waals surface area contributed by atoms with Gasteiger partial charge in [0.15, 0.2) is 0 Å². The van der Waals surface area contributed by atoms with Gasteiger partial charge in [-0.1, -0.05) is 0 Å². The Kier molecular flexibility index (Phi) is 3.55. The van der Waals surface area contributed by atoms with E-state index in [1.165, 1.54) is 16.8 Å². The van der Waals surface area contributed by atoms with Crippen LogP contribution in [0.5, 0.6) is 5.75 Å². The van der Waals surface area contributed by atoms with Gasteiger partial charge in [0.1, 0.15) is 5.75 Å². The molecule has 0 radical (unpaired) electrons. The van der Waals surface area contributed by atoms with Gasteiger partial charge in [0, 0.05) is 11.9 Å². The lowest BCUT2D eigenvalue weighted by Crippen LogP contribution is -2.14. The summed E-state index contributed by atoms with van der Waals surface area (Å²) in [7, 11) is 0. The highest BCUT2D eigenvalue weighted by Gasteiger charge is 2.18. The number of rotatable bonds is 3. The molecular formula is C17H15F2N3O2. The van der Waals surface area contributed by atoms with Crippen LogP contribution >= 0.6 is 0 Å². The molecule has 0 unspecified atom stereocenters. The predicted octanol–water partition coefficient (Wildman–Crippen LogP) is 3.19. The molecule has 0 spiro atoms. The second-order valence-electron chi connectivity index (χ2n) is 5.80. The molecule has 7 heteroatoms. The number of H-pyrrole nitrogens is 1. The number of nitrogens with zero attached hydrogens (tertiary/aromatic N) is 2. The Labute approximate surface area is 135 Å². The molecule has 1 aliphatic carbocycles. The Hall–Kier alpha value is -2.70. The van der Waals surface area contributed by atoms with Crippen molar-refractivity contribution in [2.24, 2.45) is 0 Å². The molecule has 2 heterocycles. The molecule has 0 fully saturated rings. The van der Waals surface area contributed by atoms with Crippen molar-refractivity contribution in [3.05, 3.63) is 52.1 Å². The predicted molar refractivity (Wildman–Crippen MR) is 85.0 cm³/mol. The SMILES string of the molecule is O=c1c2cnc3c(c2[nH]n1-c1ccc(OC(F)F)cc1)CCCC3. The van der Waals surface area contributed by atoms with Crippen LogP contribution in [0.4, 0.5) is 8.78 Å². The van der Waals surface area contributed by atoms with E-state index in [-0.39, 0.29) is 11.3 Å². The largest absolute Gasteiger partial charge is 0.435 e. The molecule has 5 nitrogen and oxygen atoms in total. The van der Waals surface area contributed by atoms with Gasteiger partial charge in [-0.2, -0.15) is 8.78 Å². The van der Waals surface area contributed by atoms with Crippen LogP contribution in [0.1, 0.15) is 24.1 Å². The van der Waals surface area contributed by atoms with Crippen molar-refractivity contribution in [1.82, 2.24) is 14.8 Å². The minimum absolute atomic E-state index is 0.0527. The van der Waals surface area contributed by atoms with Gasteiger partial charge < -0.3 is 4.74 Å². The van der Waals surface area contributed by atoms with Crippen molar-refractivity contribution in [1.29, 1.82) is 0 Å². The summed E-state index contributed by atoms with van der Waals surface area (Å²) in [5.41, 5.74) is 3.32. The van der Waals surface area contributed by atoms with Crippen LogP contribution in [0, 0.1) is 0 Å². The fourth-order valence-corrected chi connectivity index (χ4v) is 3.20. The Morgan fingerprint density at radius 2 is 1.92 bits per heavy atom. The molecule has 24 heavy (non-hydrogen) atoms. The Morgan fingerprint density at radius 3 is 2.67 bits per heavy atom. The van der Waals surface area contributed by atoms with E-state index in [1.54, 1.807) is 18.3 Å². The maximum absolute atomic E-state index is 12.6. The summed E-state index contributed by atoms with van der Waals surface area (Å²) in [5, 5.41) is 3.69. The number of aromatic amines is 1. The van der Waals surface area contributed by atoms with E-state index < -0.39 is 6.61 Å². The Morgan fingerprint density at radius 1 is 1.17 bits per heavy atom. The minimum Gasteiger partial charge on any atom is -0.435 e. The molecule has 0 amide bonds. The van der Waals surface area contributed by atoms with E-state index in [4.69, 9.17) is 0 Å². The minimum atomic E-state index is -2.87. The fraction of sp³-hybridized carbons (Fsp3) is 0.294. The summed E-state index contributed by atoms with van der Waals surface area (Å²) in [4.78, 5) is 17.0. The zero-order chi connectivity index (χ0) is 16.7. The van der Waals surface area contributed by atoms with Crippen LogP contribution in [0.25, 0.3) is 16.6 Å². The highest BCUT2D eigenvalue weighted by molar-refractivity contribution is 5.81. The van der Waals surface area contributed by atoms with Gasteiger partial charge in [0.25, 0.3) is 5.56 Å². The highest BCUT2D eigenvalue weighted by Crippen LogP contribution is 2.25. The second-order valence-corrected chi connectivity index (χ2v) is 5.80. The summed E-state index contributed by atoms with van der Waals surface area (Å²) >= 11 is 0. The standard InChI is InChI=1S/C17H15F2N3O2/c18-17(19)24-11-7-5-10(6-8-11)22-16(23)13-9-20-14-4-2-1-3-12(14)15(13)21-22/h5-9,17,21H,1-4H2. The first-order valence-electron chi connectivity index (χ1n) is 7.80. The number of halogens is 2. The number of pyridine rings is 1. The van der Waals surface area contributed by atoms with Crippen molar-refractivity contribution in [3.63, 3.8) is 0 Å². The number of benzene rings is 1. The van der Waals surface area contributed by atoms with Crippen molar-refractivity contribution in [2.75, 3.05) is 0 Å². The van der Waals surface area contributed by atoms with Crippen LogP contribution in [0.3, 0.4) is 0 Å². The van der Waals surface area contributed by atoms with Gasteiger partial charge in [-0.25, -0.2) is 4.68 Å². The number of hydrogen-bond acceptors (Lipinski definition) is 3. The first-order chi connectivity index (χ1) is 11.6. The summed E-state index contributed by atoms with van der Waals surface area (Å²) in [6, 6.07) is 5.95. The van der Waals surface area contributed by atoms with Crippen molar-refractivity contribution >= 4 is 10.9 Å². The van der Waals surface area contributed by atoms with E-state index >= 15 is 0 Å². The smallest absolute Gasteiger partial charge is 0.387 e. The lowest BCUT2D eigenvalue weighted by Gasteiger charge is -2.14. The molecule has 4 rings (SSSR count). The van der Waals surface area contributed by atoms with Crippen LogP contribution < -0.4 is 10.3 Å². The van der Waals surface area contributed by atoms with E-state index in [0.717, 1.165) is 42.5 Å². The molecule has 0 saturated carbocycles. The summed E-state index contributed by atoms with van der Waals surface area (Å²) in [6.07, 6.45) is 5.64. The fourth-order valence-electron chi connectivity index (χ4n) is 3.20. The topological polar surface area (TPSA) is 59.9 Å². The molecule has 2 aromatic heterocycles. The van der Waals surface area contributed by atoms with Gasteiger partial charge in [0.2, 0.25) is 0 Å². The van der Waals surface area contributed by atoms with Crippen LogP contribution in [0.2, 0.25) is 0 Å². The molecule has 1 aliphatic rings. The zero-order valence-electron chi connectivity index (χ0n) is 12.8. The maximum atomic E-state index is 12.6. The third kappa shape index (κ3) is 2.46. The van der Waals surface area contributed by atoms with Crippen molar-refractivity contribution in [3.8, 4) is 11.4 Å². The van der Waals surface area contributed by atoms with E-state index in [2.05, 4.69) is 14.8 Å². The van der Waals surface area contributed by atoms with Gasteiger partial charge in [-0.05, 0) is 55.5 Å². The molecule has 0 atom stereocenters. The third-order valence-corrected chi connectivity index (χ3v) is 4.34. The number of aromatic nitrogens is 3. The van der Waals surface area contributed by atoms with Gasteiger partial charge >= 0.3 is 6.61 Å². The van der Waals surface area contributed by atoms with Crippen molar-refractivity contribution in [2.45, 2.75) is 32.3 Å². The quantitative estimate of drug-likeness (QED) is 0.802. The highest BCUT2D eigenvalue weighted by atomic mass is 19.3. The van der Waals surface area contributed by atoms with E-state index in [1.807, 2.05) is 0 Å². The first-order valence-corrected chi connectivity index (χ1v) is 7.80. The van der Waals surface area contributed by atoms with Crippen molar-refractivity contribution < 1.29 is 13.5 Å². The lowest BCUT2D eigenvalue weighted by molar-refractivity contribution is -0.0498. The number of hydrogen-bond donors (Lipinski definition) is 1. The summed E-state index contributed by atoms with van der Waals surface area (Å²) in [5.74, 6) is 0.0527.